The van der Waals surface area contributed by atoms with Gasteiger partial charge in [0.15, 0.2) is 0 Å². The molecule has 0 rings (SSSR count). The highest BCUT2D eigenvalue weighted by Gasteiger charge is 2.15. The van der Waals surface area contributed by atoms with E-state index in [2.05, 4.69) is 9.56 Å². The van der Waals surface area contributed by atoms with Crippen LogP contribution < -0.4 is 0 Å². The van der Waals surface area contributed by atoms with Crippen LogP contribution in [0.3, 0.4) is 0 Å². The summed E-state index contributed by atoms with van der Waals surface area (Å²) in [5.41, 5.74) is 0. The highest BCUT2D eigenvalue weighted by Crippen LogP contribution is 2.36. The molecule has 1 atom stereocenters. The molecule has 0 aliphatic rings. The van der Waals surface area contributed by atoms with Gasteiger partial charge in [-0.05, 0) is 0 Å². The van der Waals surface area contributed by atoms with E-state index in [1.165, 1.54) is 0 Å². The van der Waals surface area contributed by atoms with Crippen molar-refractivity contribution in [3.63, 3.8) is 0 Å². The summed E-state index contributed by atoms with van der Waals surface area (Å²) in [6.07, 6.45) is -0.976. The normalized spacial score (nSPS) is 16.8. The average molecular weight is 186 g/mol. The van der Waals surface area contributed by atoms with Crippen LogP contribution in [0, 0.1) is 0 Å². The van der Waals surface area contributed by atoms with Crippen LogP contribution >= 0.6 is 7.60 Å². The van der Waals surface area contributed by atoms with E-state index < -0.39 is 26.9 Å². The maximum Gasteiger partial charge on any atom is 0.352 e. The maximum atomic E-state index is 10.4. The van der Waals surface area contributed by atoms with Crippen LogP contribution in [0.15, 0.2) is 0 Å². The summed E-state index contributed by atoms with van der Waals surface area (Å²) >= 11 is 0. The second-order valence-corrected chi connectivity index (χ2v) is 3.72. The Balaban J connectivity index is 3.59. The van der Waals surface area contributed by atoms with Crippen LogP contribution in [0.4, 0.5) is 0 Å². The zero-order chi connectivity index (χ0) is 8.91. The number of aliphatic hydroxyl groups is 2. The lowest BCUT2D eigenvalue weighted by Crippen LogP contribution is -2.21. The minimum Gasteiger partial charge on any atom is -0.393 e. The van der Waals surface area contributed by atoms with E-state index in [1.807, 2.05) is 0 Å². The molecule has 0 saturated heterocycles. The van der Waals surface area contributed by atoms with Crippen LogP contribution in [0.5, 0.6) is 0 Å². The third kappa shape index (κ3) is 6.43. The predicted octanol–water partition coefficient (Wildman–Crippen LogP) is -0.897. The highest BCUT2D eigenvalue weighted by molar-refractivity contribution is 7.51. The van der Waals surface area contributed by atoms with Gasteiger partial charge >= 0.3 is 7.60 Å². The van der Waals surface area contributed by atoms with Crippen molar-refractivity contribution in [3.8, 4) is 0 Å². The number of rotatable bonds is 5. The quantitative estimate of drug-likeness (QED) is 0.292. The van der Waals surface area contributed by atoms with Gasteiger partial charge in [-0.1, -0.05) is 0 Å². The fourth-order valence-electron chi connectivity index (χ4n) is 0.259. The molecule has 11 heavy (non-hydrogen) atoms. The first kappa shape index (κ1) is 11.0. The van der Waals surface area contributed by atoms with Gasteiger partial charge in [0.25, 0.3) is 0 Å². The molecule has 68 valence electrons. The molecule has 7 heteroatoms. The van der Waals surface area contributed by atoms with Gasteiger partial charge in [0, 0.05) is 6.66 Å². The molecule has 0 heterocycles. The van der Waals surface area contributed by atoms with E-state index in [9.17, 15) is 4.57 Å². The van der Waals surface area contributed by atoms with Crippen LogP contribution in [-0.4, -0.2) is 41.1 Å². The van der Waals surface area contributed by atoms with E-state index in [4.69, 9.17) is 15.1 Å². The molecular weight excluding hydrogens is 175 g/mol. The summed E-state index contributed by atoms with van der Waals surface area (Å²) in [5, 5.41) is 16.8. The molecule has 0 radical (unpaired) electrons. The van der Waals surface area contributed by atoms with E-state index in [1.54, 1.807) is 0 Å². The largest absolute Gasteiger partial charge is 0.393 e. The Morgan fingerprint density at radius 3 is 2.18 bits per heavy atom. The van der Waals surface area contributed by atoms with Crippen LogP contribution in [0.25, 0.3) is 0 Å². The minimum atomic E-state index is -3.69. The van der Waals surface area contributed by atoms with Crippen molar-refractivity contribution in [2.75, 3.05) is 19.9 Å². The minimum absolute atomic E-state index is 0.476. The Bertz CT molecular complexity index is 138. The molecule has 0 spiro atoms. The Hall–Kier alpha value is 0.0300. The number of hydrogen-bond acceptors (Lipinski definition) is 5. The van der Waals surface area contributed by atoms with Gasteiger partial charge < -0.3 is 15.1 Å². The monoisotopic (exact) mass is 186 g/mol. The lowest BCUT2D eigenvalue weighted by molar-refractivity contribution is -0.263. The Morgan fingerprint density at radius 1 is 1.45 bits per heavy atom. The lowest BCUT2D eigenvalue weighted by Gasteiger charge is -2.11. The Kier molecular flexibility index (Phi) is 4.83. The lowest BCUT2D eigenvalue weighted by atomic mass is 10.4. The van der Waals surface area contributed by atoms with Gasteiger partial charge in [-0.3, -0.25) is 4.57 Å². The van der Waals surface area contributed by atoms with E-state index in [0.29, 0.717) is 0 Å². The molecule has 1 unspecified atom stereocenters. The Morgan fingerprint density at radius 2 is 1.91 bits per heavy atom. The zero-order valence-electron chi connectivity index (χ0n) is 6.01. The van der Waals surface area contributed by atoms with Gasteiger partial charge in [0.2, 0.25) is 0 Å². The molecule has 0 aromatic rings. The fourth-order valence-corrected chi connectivity index (χ4v) is 0.541. The smallest absolute Gasteiger partial charge is 0.352 e. The molecule has 0 aliphatic heterocycles. The molecular formula is C4H11O6P. The molecule has 0 aliphatic carbocycles. The number of aliphatic hydroxyl groups excluding tert-OH is 2. The van der Waals surface area contributed by atoms with Crippen molar-refractivity contribution in [3.05, 3.63) is 0 Å². The second-order valence-electron chi connectivity index (χ2n) is 1.96. The molecule has 0 bridgehead atoms. The third-order valence-corrected chi connectivity index (χ3v) is 1.09. The van der Waals surface area contributed by atoms with Crippen LogP contribution in [-0.2, 0) is 14.1 Å². The fraction of sp³-hybridized carbons (Fsp3) is 1.00. The van der Waals surface area contributed by atoms with E-state index in [0.717, 1.165) is 6.66 Å². The first-order valence-electron chi connectivity index (χ1n) is 2.86. The first-order chi connectivity index (χ1) is 4.99. The van der Waals surface area contributed by atoms with Crippen LogP contribution in [0.1, 0.15) is 0 Å². The first-order valence-corrected chi connectivity index (χ1v) is 4.89. The molecule has 0 saturated carbocycles. The SMILES string of the molecule is CP(=O)(O)OOC(CO)CO. The molecule has 6 nitrogen and oxygen atoms in total. The summed E-state index contributed by atoms with van der Waals surface area (Å²) < 4.78 is 14.4. The topological polar surface area (TPSA) is 96.2 Å². The van der Waals surface area contributed by atoms with Gasteiger partial charge in [0.05, 0.1) is 13.2 Å². The summed E-state index contributed by atoms with van der Waals surface area (Å²) in [6.45, 7) is -0.0220. The maximum absolute atomic E-state index is 10.4. The van der Waals surface area contributed by atoms with Crippen molar-refractivity contribution in [2.24, 2.45) is 0 Å². The molecule has 0 fully saturated rings. The zero-order valence-corrected chi connectivity index (χ0v) is 6.90. The van der Waals surface area contributed by atoms with Gasteiger partial charge in [0.1, 0.15) is 6.10 Å². The van der Waals surface area contributed by atoms with Crippen molar-refractivity contribution < 1.29 is 29.2 Å². The van der Waals surface area contributed by atoms with Crippen LogP contribution in [0.2, 0.25) is 0 Å². The van der Waals surface area contributed by atoms with Crippen molar-refractivity contribution in [1.82, 2.24) is 0 Å². The summed E-state index contributed by atoms with van der Waals surface area (Å²) in [4.78, 5) is 12.7. The summed E-state index contributed by atoms with van der Waals surface area (Å²) in [5.74, 6) is 0. The summed E-state index contributed by atoms with van der Waals surface area (Å²) in [6, 6.07) is 0. The molecule has 3 N–H and O–H groups in total. The van der Waals surface area contributed by atoms with Gasteiger partial charge in [-0.25, -0.2) is 4.89 Å². The van der Waals surface area contributed by atoms with Crippen molar-refractivity contribution in [2.45, 2.75) is 6.10 Å². The molecule has 0 aromatic heterocycles. The number of hydrogen-bond donors (Lipinski definition) is 3. The average Bonchev–Trinajstić information content (AvgIpc) is 1.88. The highest BCUT2D eigenvalue weighted by atomic mass is 31.2. The Labute approximate surface area is 63.8 Å². The van der Waals surface area contributed by atoms with Crippen molar-refractivity contribution in [1.29, 1.82) is 0 Å². The predicted molar refractivity (Wildman–Crippen MR) is 35.9 cm³/mol. The van der Waals surface area contributed by atoms with Crippen molar-refractivity contribution >= 4 is 7.60 Å². The third-order valence-electron chi connectivity index (χ3n) is 0.725. The molecule has 0 amide bonds. The molecule has 0 aromatic carbocycles. The summed E-state index contributed by atoms with van der Waals surface area (Å²) in [7, 11) is -3.69. The van der Waals surface area contributed by atoms with E-state index in [-0.39, 0.29) is 0 Å². The van der Waals surface area contributed by atoms with Gasteiger partial charge in [-0.2, -0.15) is 0 Å². The standard InChI is InChI=1S/C4H11O6P/c1-11(7,8)10-9-4(2-5)3-6/h4-6H,2-3H2,1H3,(H,7,8). The van der Waals surface area contributed by atoms with E-state index >= 15 is 0 Å². The van der Waals surface area contributed by atoms with Gasteiger partial charge in [-0.15, -0.1) is 4.67 Å². The second kappa shape index (κ2) is 4.82.